The molecule has 12 nitrogen and oxygen atoms in total. The van der Waals surface area contributed by atoms with Gasteiger partial charge in [0.15, 0.2) is 24.5 Å². The first-order valence-electron chi connectivity index (χ1n) is 27.1. The predicted molar refractivity (Wildman–Crippen MR) is 291 cm³/mol. The third-order valence-electron chi connectivity index (χ3n) is 14.1. The summed E-state index contributed by atoms with van der Waals surface area (Å²) in [5, 5.41) is 2.29. The number of benzene rings is 3. The van der Waals surface area contributed by atoms with Gasteiger partial charge in [0, 0.05) is 31.8 Å². The zero-order chi connectivity index (χ0) is 53.6. The molecule has 73 heavy (non-hydrogen) atoms. The molecular weight excluding hydrogens is 937 g/mol. The highest BCUT2D eigenvalue weighted by Crippen LogP contribution is 2.38. The molecule has 0 N–H and O–H groups in total. The van der Waals surface area contributed by atoms with E-state index >= 15 is 0 Å². The Labute approximate surface area is 439 Å². The molecule has 2 aliphatic heterocycles. The van der Waals surface area contributed by atoms with Crippen LogP contribution in [-0.4, -0.2) is 105 Å². The third kappa shape index (κ3) is 16.2. The summed E-state index contributed by atoms with van der Waals surface area (Å²) in [5.41, 5.74) is -1.76. The van der Waals surface area contributed by atoms with Crippen LogP contribution in [0, 0.1) is 16.2 Å². The van der Waals surface area contributed by atoms with Crippen molar-refractivity contribution in [2.75, 3.05) is 26.3 Å². The Bertz CT molecular complexity index is 2140. The molecule has 3 aromatic rings. The standard InChI is InChI=1S/C60H90N2O10Si/c1-14-15-19-32-46(41-45-33-26-27-38-61(45)52-51(72-55(65)59(8,9)10)50(71-54(64)58(5,6)7)49(43-67-52)70-53(63)57(2,3)4)62(56(66)68-42-44-30-20-16-21-31-44)39-28-29-40-69-73(60(11,12)13,47-34-22-17-23-35-47)48-36-24-18-25-37-48/h16-18,20-25,30-31,34-37,45-46,49-52H,14-15,19,26-29,32-33,38-43H2,1-13H3/t45-,46+,49-,50?,51?,52+/m1/s1. The maximum Gasteiger partial charge on any atom is 0.410 e. The van der Waals surface area contributed by atoms with E-state index in [1.54, 1.807) is 62.3 Å². The van der Waals surface area contributed by atoms with E-state index in [1.165, 1.54) is 10.4 Å². The Hall–Kier alpha value is -4.56. The van der Waals surface area contributed by atoms with Crippen LogP contribution in [0.4, 0.5) is 4.79 Å². The predicted octanol–water partition coefficient (Wildman–Crippen LogP) is 11.4. The second-order valence-corrected chi connectivity index (χ2v) is 28.7. The van der Waals surface area contributed by atoms with E-state index in [0.717, 1.165) is 56.9 Å². The topological polar surface area (TPSA) is 130 Å². The second-order valence-electron chi connectivity index (χ2n) is 24.4. The van der Waals surface area contributed by atoms with E-state index in [0.29, 0.717) is 32.5 Å². The van der Waals surface area contributed by atoms with Gasteiger partial charge in [0.1, 0.15) is 6.61 Å². The van der Waals surface area contributed by atoms with Crippen molar-refractivity contribution in [3.63, 3.8) is 0 Å². The minimum absolute atomic E-state index is 0.0742. The number of unbranched alkanes of at least 4 members (excludes halogenated alkanes) is 3. The average molecular weight is 1030 g/mol. The van der Waals surface area contributed by atoms with E-state index in [2.05, 4.69) is 93.3 Å². The summed E-state index contributed by atoms with van der Waals surface area (Å²) in [6, 6.07) is 30.8. The van der Waals surface area contributed by atoms with Crippen LogP contribution in [0.3, 0.4) is 0 Å². The van der Waals surface area contributed by atoms with Crippen molar-refractivity contribution in [1.29, 1.82) is 0 Å². The molecule has 6 atom stereocenters. The third-order valence-corrected chi connectivity index (χ3v) is 19.1. The molecule has 0 aliphatic carbocycles. The molecule has 2 saturated heterocycles. The monoisotopic (exact) mass is 1030 g/mol. The van der Waals surface area contributed by atoms with Crippen LogP contribution in [0.15, 0.2) is 91.0 Å². The SMILES string of the molecule is CCCCC[C@@H](C[C@H]1CCCCN1[C@H]1OC[C@@H](OC(=O)C(C)(C)C)C(OC(=O)C(C)(C)C)C1OC(=O)C(C)(C)C)N(CCCCO[Si](c1ccccc1)(c1ccccc1)C(C)(C)C)C(=O)OCc1ccccc1. The highest BCUT2D eigenvalue weighted by Gasteiger charge is 2.53. The van der Waals surface area contributed by atoms with Crippen LogP contribution >= 0.6 is 0 Å². The Kier molecular flexibility index (Phi) is 21.3. The van der Waals surface area contributed by atoms with Crippen molar-refractivity contribution in [3.05, 3.63) is 96.6 Å². The van der Waals surface area contributed by atoms with E-state index in [4.69, 9.17) is 28.1 Å². The summed E-state index contributed by atoms with van der Waals surface area (Å²) in [6.45, 7) is 26.6. The number of esters is 3. The van der Waals surface area contributed by atoms with Gasteiger partial charge in [-0.2, -0.15) is 0 Å². The van der Waals surface area contributed by atoms with Crippen molar-refractivity contribution < 1.29 is 47.3 Å². The van der Waals surface area contributed by atoms with Crippen molar-refractivity contribution >= 4 is 42.7 Å². The lowest BCUT2D eigenvalue weighted by molar-refractivity contribution is -0.263. The first-order valence-corrected chi connectivity index (χ1v) is 29.0. The molecule has 0 radical (unpaired) electrons. The van der Waals surface area contributed by atoms with E-state index < -0.39 is 67.0 Å². The summed E-state index contributed by atoms with van der Waals surface area (Å²) < 4.78 is 39.1. The number of likely N-dealkylation sites (tertiary alicyclic amines) is 1. The molecular formula is C60H90N2O10Si. The van der Waals surface area contributed by atoms with Crippen LogP contribution in [0.25, 0.3) is 0 Å². The number of amides is 1. The van der Waals surface area contributed by atoms with Crippen LogP contribution in [-0.2, 0) is 49.1 Å². The average Bonchev–Trinajstić information content (AvgIpc) is 3.33. The van der Waals surface area contributed by atoms with E-state index in [9.17, 15) is 19.2 Å². The number of piperidine rings is 1. The van der Waals surface area contributed by atoms with Crippen LogP contribution in [0.2, 0.25) is 5.04 Å². The molecule has 0 aromatic heterocycles. The van der Waals surface area contributed by atoms with Gasteiger partial charge in [0.2, 0.25) is 0 Å². The molecule has 2 fully saturated rings. The highest BCUT2D eigenvalue weighted by atomic mass is 28.4. The fourth-order valence-electron chi connectivity index (χ4n) is 9.88. The molecule has 2 heterocycles. The molecule has 13 heteroatoms. The smallest absolute Gasteiger partial charge is 0.410 e. The van der Waals surface area contributed by atoms with E-state index in [-0.39, 0.29) is 36.4 Å². The Morgan fingerprint density at radius 2 is 1.21 bits per heavy atom. The number of ether oxygens (including phenoxy) is 5. The molecule has 3 aromatic carbocycles. The van der Waals surface area contributed by atoms with Crippen LogP contribution in [0.1, 0.15) is 160 Å². The van der Waals surface area contributed by atoms with Gasteiger partial charge in [-0.3, -0.25) is 19.3 Å². The summed E-state index contributed by atoms with van der Waals surface area (Å²) in [4.78, 5) is 60.2. The first kappa shape index (κ1) is 59.3. The van der Waals surface area contributed by atoms with Gasteiger partial charge in [-0.15, -0.1) is 0 Å². The zero-order valence-corrected chi connectivity index (χ0v) is 47.7. The number of nitrogens with zero attached hydrogens (tertiary/aromatic N) is 2. The van der Waals surface area contributed by atoms with Gasteiger partial charge in [-0.05, 0) is 122 Å². The van der Waals surface area contributed by atoms with Crippen molar-refractivity contribution in [2.24, 2.45) is 16.2 Å². The first-order chi connectivity index (χ1) is 34.4. The fourth-order valence-corrected chi connectivity index (χ4v) is 14.5. The molecule has 2 unspecified atom stereocenters. The maximum atomic E-state index is 14.7. The van der Waals surface area contributed by atoms with Crippen LogP contribution < -0.4 is 10.4 Å². The zero-order valence-electron chi connectivity index (χ0n) is 46.7. The van der Waals surface area contributed by atoms with Crippen molar-refractivity contribution in [1.82, 2.24) is 9.80 Å². The summed E-state index contributed by atoms with van der Waals surface area (Å²) in [7, 11) is -2.77. The minimum Gasteiger partial charge on any atom is -0.455 e. The molecule has 0 saturated carbocycles. The quantitative estimate of drug-likeness (QED) is 0.0437. The molecule has 0 bridgehead atoms. The van der Waals surface area contributed by atoms with Crippen molar-refractivity contribution in [3.8, 4) is 0 Å². The van der Waals surface area contributed by atoms with E-state index in [1.807, 2.05) is 35.2 Å². The number of carbonyl (C=O) groups is 4. The van der Waals surface area contributed by atoms with Crippen LogP contribution in [0.5, 0.6) is 0 Å². The highest BCUT2D eigenvalue weighted by molar-refractivity contribution is 6.99. The molecule has 404 valence electrons. The van der Waals surface area contributed by atoms with Gasteiger partial charge in [0.25, 0.3) is 8.32 Å². The fraction of sp³-hybridized carbons (Fsp3) is 0.633. The number of hydrogen-bond acceptors (Lipinski definition) is 11. The van der Waals surface area contributed by atoms with Gasteiger partial charge in [-0.1, -0.05) is 144 Å². The molecule has 5 rings (SSSR count). The Morgan fingerprint density at radius 3 is 1.74 bits per heavy atom. The summed E-state index contributed by atoms with van der Waals surface area (Å²) in [6.07, 6.45) is 3.86. The molecule has 2 aliphatic rings. The second kappa shape index (κ2) is 26.3. The van der Waals surface area contributed by atoms with Gasteiger partial charge in [0.05, 0.1) is 22.9 Å². The Morgan fingerprint density at radius 1 is 0.671 bits per heavy atom. The molecule has 1 amide bonds. The Balaban J connectivity index is 1.48. The molecule has 0 spiro atoms. The largest absolute Gasteiger partial charge is 0.455 e. The van der Waals surface area contributed by atoms with Gasteiger partial charge >= 0.3 is 24.0 Å². The summed E-state index contributed by atoms with van der Waals surface area (Å²) in [5.74, 6) is -1.50. The lowest BCUT2D eigenvalue weighted by Crippen LogP contribution is -2.66. The normalized spacial score (nSPS) is 20.6. The van der Waals surface area contributed by atoms with Gasteiger partial charge in [-0.25, -0.2) is 4.79 Å². The minimum atomic E-state index is -2.77. The lowest BCUT2D eigenvalue weighted by Gasteiger charge is -2.50. The number of rotatable bonds is 21. The number of carbonyl (C=O) groups excluding carboxylic acids is 4. The number of hydrogen-bond donors (Lipinski definition) is 0. The van der Waals surface area contributed by atoms with Gasteiger partial charge < -0.3 is 33.0 Å². The summed E-state index contributed by atoms with van der Waals surface area (Å²) >= 11 is 0. The lowest BCUT2D eigenvalue weighted by atomic mass is 9.90. The maximum absolute atomic E-state index is 14.7. The van der Waals surface area contributed by atoms with Crippen molar-refractivity contribution in [2.45, 2.75) is 202 Å².